The van der Waals surface area contributed by atoms with Crippen LogP contribution in [0.3, 0.4) is 0 Å². The maximum Gasteiger partial charge on any atom is 0.243 e. The third-order valence-corrected chi connectivity index (χ3v) is 3.83. The molecule has 0 saturated carbocycles. The molecule has 0 atom stereocenters. The van der Waals surface area contributed by atoms with E-state index in [4.69, 9.17) is 4.74 Å². The van der Waals surface area contributed by atoms with Crippen LogP contribution in [0, 0.1) is 5.92 Å². The van der Waals surface area contributed by atoms with E-state index < -0.39 is 0 Å². The molecule has 6 nitrogen and oxygen atoms in total. The summed E-state index contributed by atoms with van der Waals surface area (Å²) < 4.78 is 5.53. The van der Waals surface area contributed by atoms with Gasteiger partial charge in [0.25, 0.3) is 0 Å². The molecule has 28 heavy (non-hydrogen) atoms. The van der Waals surface area contributed by atoms with Crippen LogP contribution in [0.2, 0.25) is 0 Å². The molecule has 0 aromatic heterocycles. The molecule has 0 saturated heterocycles. The Kier molecular flexibility index (Phi) is 8.34. The second-order valence-electron chi connectivity index (χ2n) is 7.00. The minimum atomic E-state index is -0.150. The third-order valence-electron chi connectivity index (χ3n) is 3.83. The van der Waals surface area contributed by atoms with Crippen molar-refractivity contribution in [3.63, 3.8) is 0 Å². The van der Waals surface area contributed by atoms with E-state index in [2.05, 4.69) is 22.9 Å². The van der Waals surface area contributed by atoms with Crippen molar-refractivity contribution in [2.45, 2.75) is 33.6 Å². The molecule has 0 aliphatic carbocycles. The molecular weight excluding hydrogens is 354 g/mol. The molecule has 0 bridgehead atoms. The van der Waals surface area contributed by atoms with Crippen molar-refractivity contribution in [1.82, 2.24) is 0 Å². The zero-order valence-corrected chi connectivity index (χ0v) is 16.7. The summed E-state index contributed by atoms with van der Waals surface area (Å²) >= 11 is 0. The Balaban J connectivity index is 1.77. The number of amides is 2. The van der Waals surface area contributed by atoms with E-state index in [0.717, 1.165) is 17.9 Å². The van der Waals surface area contributed by atoms with Gasteiger partial charge in [-0.15, -0.1) is 0 Å². The van der Waals surface area contributed by atoms with Crippen LogP contribution in [0.5, 0.6) is 5.75 Å². The molecule has 2 amide bonds. The van der Waals surface area contributed by atoms with Gasteiger partial charge < -0.3 is 20.7 Å². The summed E-state index contributed by atoms with van der Waals surface area (Å²) in [6.07, 6.45) is 1.45. The molecule has 0 fully saturated rings. The first-order valence-electron chi connectivity index (χ1n) is 9.62. The van der Waals surface area contributed by atoms with E-state index in [1.54, 1.807) is 24.3 Å². The smallest absolute Gasteiger partial charge is 0.243 e. The molecule has 2 aromatic carbocycles. The van der Waals surface area contributed by atoms with Crippen LogP contribution in [0.15, 0.2) is 48.5 Å². The van der Waals surface area contributed by atoms with Gasteiger partial charge in [-0.25, -0.2) is 0 Å². The minimum absolute atomic E-state index is 0.0119. The predicted molar refractivity (Wildman–Crippen MR) is 114 cm³/mol. The second kappa shape index (κ2) is 11.0. The fourth-order valence-electron chi connectivity index (χ4n) is 2.50. The Hall–Kier alpha value is -3.02. The highest BCUT2D eigenvalue weighted by atomic mass is 16.5. The molecular formula is C22H29N3O3. The Morgan fingerprint density at radius 3 is 1.93 bits per heavy atom. The Labute approximate surface area is 166 Å². The van der Waals surface area contributed by atoms with Crippen molar-refractivity contribution < 1.29 is 14.3 Å². The fourth-order valence-corrected chi connectivity index (χ4v) is 2.50. The van der Waals surface area contributed by atoms with E-state index in [-0.39, 0.29) is 18.4 Å². The van der Waals surface area contributed by atoms with Crippen molar-refractivity contribution in [2.75, 3.05) is 29.1 Å². The van der Waals surface area contributed by atoms with E-state index in [9.17, 15) is 9.59 Å². The zero-order valence-electron chi connectivity index (χ0n) is 16.7. The van der Waals surface area contributed by atoms with E-state index in [1.807, 2.05) is 38.1 Å². The van der Waals surface area contributed by atoms with E-state index >= 15 is 0 Å². The van der Waals surface area contributed by atoms with Gasteiger partial charge in [0.05, 0.1) is 13.2 Å². The maximum atomic E-state index is 12.1. The summed E-state index contributed by atoms with van der Waals surface area (Å²) in [5, 5.41) is 8.75. The van der Waals surface area contributed by atoms with Gasteiger partial charge in [0, 0.05) is 23.5 Å². The molecule has 3 N–H and O–H groups in total. The molecule has 2 rings (SSSR count). The van der Waals surface area contributed by atoms with Gasteiger partial charge in [0.1, 0.15) is 5.75 Å². The lowest BCUT2D eigenvalue weighted by molar-refractivity contribution is -0.117. The van der Waals surface area contributed by atoms with Gasteiger partial charge >= 0.3 is 0 Å². The first-order chi connectivity index (χ1) is 13.5. The Bertz CT molecular complexity index is 756. The van der Waals surface area contributed by atoms with Gasteiger partial charge in [-0.1, -0.05) is 20.8 Å². The van der Waals surface area contributed by atoms with Gasteiger partial charge in [-0.3, -0.25) is 9.59 Å². The van der Waals surface area contributed by atoms with Gasteiger partial charge in [-0.05, 0) is 60.9 Å². The monoisotopic (exact) mass is 383 g/mol. The summed E-state index contributed by atoms with van der Waals surface area (Å²) in [6.45, 7) is 6.91. The maximum absolute atomic E-state index is 12.1. The number of carbonyl (C=O) groups excluding carboxylic acids is 2. The fraction of sp³-hybridized carbons (Fsp3) is 0.364. The normalized spacial score (nSPS) is 10.4. The molecule has 0 aliphatic heterocycles. The first kappa shape index (κ1) is 21.3. The van der Waals surface area contributed by atoms with Crippen LogP contribution in [-0.4, -0.2) is 25.0 Å². The summed E-state index contributed by atoms with van der Waals surface area (Å²) in [7, 11) is 0. The molecule has 2 aromatic rings. The van der Waals surface area contributed by atoms with Gasteiger partial charge in [0.2, 0.25) is 11.8 Å². The van der Waals surface area contributed by atoms with Gasteiger partial charge in [-0.2, -0.15) is 0 Å². The average molecular weight is 383 g/mol. The number of nitrogens with one attached hydrogen (secondary N) is 3. The number of ether oxygens (including phenoxy) is 1. The number of hydrogen-bond donors (Lipinski definition) is 3. The number of carbonyl (C=O) groups is 2. The van der Waals surface area contributed by atoms with Crippen LogP contribution in [0.1, 0.15) is 33.6 Å². The average Bonchev–Trinajstić information content (AvgIpc) is 2.66. The number of benzene rings is 2. The number of rotatable bonds is 10. The quantitative estimate of drug-likeness (QED) is 0.564. The van der Waals surface area contributed by atoms with Crippen molar-refractivity contribution >= 4 is 28.9 Å². The zero-order chi connectivity index (χ0) is 20.4. The molecule has 0 aliphatic rings. The molecule has 0 unspecified atom stereocenters. The van der Waals surface area contributed by atoms with Crippen LogP contribution in [-0.2, 0) is 9.59 Å². The molecule has 6 heteroatoms. The third kappa shape index (κ3) is 7.70. The van der Waals surface area contributed by atoms with Crippen LogP contribution in [0.25, 0.3) is 0 Å². The Morgan fingerprint density at radius 2 is 1.39 bits per heavy atom. The minimum Gasteiger partial charge on any atom is -0.494 e. The second-order valence-corrected chi connectivity index (χ2v) is 7.00. The van der Waals surface area contributed by atoms with Crippen LogP contribution >= 0.6 is 0 Å². The molecule has 0 spiro atoms. The van der Waals surface area contributed by atoms with Crippen molar-refractivity contribution in [3.8, 4) is 5.75 Å². The summed E-state index contributed by atoms with van der Waals surface area (Å²) in [4.78, 5) is 23.9. The van der Waals surface area contributed by atoms with Crippen LogP contribution < -0.4 is 20.7 Å². The standard InChI is InChI=1S/C22H29N3O3/c1-4-13-28-20-11-9-17(10-12-20)23-15-22(27)25-19-7-5-18(6-8-19)24-21(26)14-16(2)3/h5-12,16,23H,4,13-15H2,1-3H3,(H,24,26)(H,25,27). The summed E-state index contributed by atoms with van der Waals surface area (Å²) in [6, 6.07) is 14.6. The molecule has 0 radical (unpaired) electrons. The topological polar surface area (TPSA) is 79.5 Å². The summed E-state index contributed by atoms with van der Waals surface area (Å²) in [5.41, 5.74) is 2.24. The van der Waals surface area contributed by atoms with Crippen molar-refractivity contribution in [3.05, 3.63) is 48.5 Å². The first-order valence-corrected chi connectivity index (χ1v) is 9.62. The molecule has 0 heterocycles. The number of hydrogen-bond acceptors (Lipinski definition) is 4. The van der Waals surface area contributed by atoms with Crippen molar-refractivity contribution in [1.29, 1.82) is 0 Å². The molecule has 150 valence electrons. The lowest BCUT2D eigenvalue weighted by atomic mass is 10.1. The lowest BCUT2D eigenvalue weighted by Crippen LogP contribution is -2.21. The predicted octanol–water partition coefficient (Wildman–Crippen LogP) is 4.51. The van der Waals surface area contributed by atoms with E-state index in [1.165, 1.54) is 0 Å². The van der Waals surface area contributed by atoms with E-state index in [0.29, 0.717) is 30.3 Å². The van der Waals surface area contributed by atoms with Crippen molar-refractivity contribution in [2.24, 2.45) is 5.92 Å². The number of anilines is 3. The lowest BCUT2D eigenvalue weighted by Gasteiger charge is -2.10. The highest BCUT2D eigenvalue weighted by Crippen LogP contribution is 2.17. The highest BCUT2D eigenvalue weighted by molar-refractivity contribution is 5.94. The largest absolute Gasteiger partial charge is 0.494 e. The SMILES string of the molecule is CCCOc1ccc(NCC(=O)Nc2ccc(NC(=O)CC(C)C)cc2)cc1. The summed E-state index contributed by atoms with van der Waals surface area (Å²) in [5.74, 6) is 0.966. The van der Waals surface area contributed by atoms with Crippen LogP contribution in [0.4, 0.5) is 17.1 Å². The Morgan fingerprint density at radius 1 is 0.857 bits per heavy atom. The van der Waals surface area contributed by atoms with Gasteiger partial charge in [0.15, 0.2) is 0 Å². The highest BCUT2D eigenvalue weighted by Gasteiger charge is 2.06.